The van der Waals surface area contributed by atoms with Crippen molar-refractivity contribution in [3.8, 4) is 5.75 Å². The molecule has 2 aromatic carbocycles. The number of hydrogen-bond acceptors (Lipinski definition) is 1. The molecule has 0 amide bonds. The molecule has 0 unspecified atom stereocenters. The SMILES string of the molecule is CC(C)Cc1c(F)c(F)c(F)c(F)[c]1[Al]([CH3])[O]c1ccc(C(C)(C)C)cc1C(C)(C)C. The molecule has 0 aliphatic carbocycles. The maximum atomic E-state index is 14.8. The summed E-state index contributed by atoms with van der Waals surface area (Å²) in [5.41, 5.74) is 1.62. The van der Waals surface area contributed by atoms with Crippen molar-refractivity contribution >= 4 is 18.9 Å². The Hall–Kier alpha value is -1.51. The third-order valence-corrected chi connectivity index (χ3v) is 7.40. The third-order valence-electron chi connectivity index (χ3n) is 5.38. The van der Waals surface area contributed by atoms with Gasteiger partial charge in [0.05, 0.1) is 5.75 Å². The number of benzene rings is 2. The van der Waals surface area contributed by atoms with Crippen molar-refractivity contribution in [1.29, 1.82) is 0 Å². The average Bonchev–Trinajstić information content (AvgIpc) is 2.62. The van der Waals surface area contributed by atoms with E-state index in [1.165, 1.54) is 0 Å². The molecule has 0 spiro atoms. The van der Waals surface area contributed by atoms with Crippen LogP contribution in [0.5, 0.6) is 5.75 Å². The van der Waals surface area contributed by atoms with E-state index in [4.69, 9.17) is 3.79 Å². The van der Waals surface area contributed by atoms with Gasteiger partial charge in [0.15, 0.2) is 23.3 Å². The quantitative estimate of drug-likeness (QED) is 0.207. The highest BCUT2D eigenvalue weighted by atomic mass is 27.2. The normalized spacial score (nSPS) is 12.5. The largest absolute Gasteiger partial charge is 0.639 e. The Kier molecular flexibility index (Phi) is 7.61. The summed E-state index contributed by atoms with van der Waals surface area (Å²) in [5, 5.41) is 0. The molecule has 0 saturated carbocycles. The molecule has 0 heterocycles. The van der Waals surface area contributed by atoms with Crippen molar-refractivity contribution < 1.29 is 21.4 Å². The Labute approximate surface area is 188 Å². The van der Waals surface area contributed by atoms with Gasteiger partial charge < -0.3 is 3.79 Å². The lowest BCUT2D eigenvalue weighted by atomic mass is 9.80. The summed E-state index contributed by atoms with van der Waals surface area (Å²) >= 11 is -2.68. The average molecular weight is 453 g/mol. The van der Waals surface area contributed by atoms with Crippen LogP contribution in [0.15, 0.2) is 18.2 Å². The molecule has 2 rings (SSSR count). The monoisotopic (exact) mass is 452 g/mol. The van der Waals surface area contributed by atoms with Gasteiger partial charge >= 0.3 is 14.5 Å². The third kappa shape index (κ3) is 5.65. The van der Waals surface area contributed by atoms with Gasteiger partial charge in [-0.3, -0.25) is 0 Å². The summed E-state index contributed by atoms with van der Waals surface area (Å²) in [6.07, 6.45) is 0.102. The standard InChI is InChI=1S/C14H22O.C10H9F4.CH3.Al/c1-13(2,3)10-7-8-12(15)11(9-10)14(4,5)6;1-5(2)3-6-4-7(11)9(13)10(14)8(6)12;;/h7-9,15H,1-6H3;5H,3H2,1-2H3;1H3;/q;;;+1/p-1. The fraction of sp³-hybridized carbons (Fsp3) is 0.520. The minimum Gasteiger partial charge on any atom is -0.639 e. The van der Waals surface area contributed by atoms with Gasteiger partial charge in [-0.2, -0.15) is 0 Å². The summed E-state index contributed by atoms with van der Waals surface area (Å²) in [6, 6.07) is 5.89. The Balaban J connectivity index is 2.61. The van der Waals surface area contributed by atoms with E-state index < -0.39 is 37.8 Å². The molecule has 0 N–H and O–H groups in total. The second-order valence-electron chi connectivity index (χ2n) is 10.7. The van der Waals surface area contributed by atoms with E-state index in [9.17, 15) is 17.6 Å². The summed E-state index contributed by atoms with van der Waals surface area (Å²) < 4.78 is 63.6. The van der Waals surface area contributed by atoms with Gasteiger partial charge in [-0.25, -0.2) is 17.6 Å². The van der Waals surface area contributed by atoms with Gasteiger partial charge in [0, 0.05) is 0 Å². The van der Waals surface area contributed by atoms with Crippen LogP contribution >= 0.6 is 0 Å². The van der Waals surface area contributed by atoms with Gasteiger partial charge in [0.25, 0.3) is 0 Å². The van der Waals surface area contributed by atoms with Crippen LogP contribution in [0, 0.1) is 29.2 Å². The van der Waals surface area contributed by atoms with E-state index in [-0.39, 0.29) is 33.2 Å². The molecule has 0 bridgehead atoms. The Bertz CT molecular complexity index is 956. The molecule has 6 heteroatoms. The zero-order chi connectivity index (χ0) is 23.9. The first-order valence-electron chi connectivity index (χ1n) is 10.7. The van der Waals surface area contributed by atoms with Crippen molar-refractivity contribution in [3.05, 3.63) is 58.2 Å². The summed E-state index contributed by atoms with van der Waals surface area (Å²) in [6.45, 7) is 16.1. The van der Waals surface area contributed by atoms with E-state index in [1.54, 1.807) is 5.79 Å². The first-order valence-corrected chi connectivity index (χ1v) is 12.9. The maximum Gasteiger partial charge on any atom is 0.589 e. The molecule has 2 aromatic rings. The predicted molar refractivity (Wildman–Crippen MR) is 121 cm³/mol. The second-order valence-corrected chi connectivity index (χ2v) is 12.8. The highest BCUT2D eigenvalue weighted by Crippen LogP contribution is 2.36. The summed E-state index contributed by atoms with van der Waals surface area (Å²) in [5.74, 6) is -4.01. The van der Waals surface area contributed by atoms with Gasteiger partial charge in [-0.05, 0) is 50.4 Å². The molecule has 0 aliphatic heterocycles. The zero-order valence-electron chi connectivity index (χ0n) is 20.0. The van der Waals surface area contributed by atoms with Crippen LogP contribution in [0.2, 0.25) is 5.79 Å². The van der Waals surface area contributed by atoms with Crippen molar-refractivity contribution in [3.63, 3.8) is 0 Å². The Morgan fingerprint density at radius 1 is 0.839 bits per heavy atom. The number of rotatable bonds is 5. The van der Waals surface area contributed by atoms with E-state index in [0.29, 0.717) is 5.75 Å². The van der Waals surface area contributed by atoms with Crippen LogP contribution in [-0.2, 0) is 17.3 Å². The molecule has 0 aromatic heterocycles. The first-order chi connectivity index (χ1) is 14.1. The summed E-state index contributed by atoms with van der Waals surface area (Å²) in [7, 11) is 0. The van der Waals surface area contributed by atoms with Crippen molar-refractivity contribution in [2.45, 2.75) is 78.4 Å². The molecule has 170 valence electrons. The number of hydrogen-bond donors (Lipinski definition) is 0. The fourth-order valence-corrected chi connectivity index (χ4v) is 5.58. The lowest BCUT2D eigenvalue weighted by Gasteiger charge is -2.29. The molecule has 1 nitrogen and oxygen atoms in total. The van der Waals surface area contributed by atoms with Gasteiger partial charge in [0.1, 0.15) is 0 Å². The van der Waals surface area contributed by atoms with Crippen LogP contribution in [0.1, 0.15) is 72.1 Å². The van der Waals surface area contributed by atoms with Crippen molar-refractivity contribution in [1.82, 2.24) is 0 Å². The van der Waals surface area contributed by atoms with Crippen LogP contribution in [0.3, 0.4) is 0 Å². The smallest absolute Gasteiger partial charge is 0.589 e. The molecular weight excluding hydrogens is 419 g/mol. The van der Waals surface area contributed by atoms with E-state index in [2.05, 4.69) is 47.6 Å². The topological polar surface area (TPSA) is 9.23 Å². The molecule has 0 atom stereocenters. The Morgan fingerprint density at radius 3 is 1.87 bits per heavy atom. The molecule has 0 fully saturated rings. The van der Waals surface area contributed by atoms with E-state index >= 15 is 0 Å². The molecule has 0 aliphatic rings. The van der Waals surface area contributed by atoms with Crippen LogP contribution in [-0.4, -0.2) is 14.5 Å². The van der Waals surface area contributed by atoms with E-state index in [0.717, 1.165) is 11.1 Å². The van der Waals surface area contributed by atoms with Gasteiger partial charge in [-0.1, -0.05) is 73.3 Å². The molecule has 0 radical (unpaired) electrons. The lowest BCUT2D eigenvalue weighted by Crippen LogP contribution is -2.41. The first kappa shape index (κ1) is 25.8. The second kappa shape index (κ2) is 9.16. The van der Waals surface area contributed by atoms with Gasteiger partial charge in [0.2, 0.25) is 0 Å². The minimum atomic E-state index is -2.68. The molecule has 31 heavy (non-hydrogen) atoms. The van der Waals surface area contributed by atoms with Crippen LogP contribution < -0.4 is 8.21 Å². The Morgan fingerprint density at radius 2 is 1.39 bits per heavy atom. The zero-order valence-corrected chi connectivity index (χ0v) is 21.2. The molecular formula is C25H33AlF4O. The lowest BCUT2D eigenvalue weighted by molar-refractivity contribution is 0.403. The van der Waals surface area contributed by atoms with Crippen LogP contribution in [0.25, 0.3) is 0 Å². The van der Waals surface area contributed by atoms with Crippen LogP contribution in [0.4, 0.5) is 17.6 Å². The van der Waals surface area contributed by atoms with Crippen molar-refractivity contribution in [2.75, 3.05) is 0 Å². The predicted octanol–water partition coefficient (Wildman–Crippen LogP) is 6.94. The van der Waals surface area contributed by atoms with Gasteiger partial charge in [-0.15, -0.1) is 0 Å². The highest BCUT2D eigenvalue weighted by Gasteiger charge is 2.35. The maximum absolute atomic E-state index is 14.8. The minimum absolute atomic E-state index is 0.0603. The fourth-order valence-electron chi connectivity index (χ4n) is 3.66. The summed E-state index contributed by atoms with van der Waals surface area (Å²) in [4.78, 5) is 0. The van der Waals surface area contributed by atoms with Crippen molar-refractivity contribution in [2.24, 2.45) is 5.92 Å². The van der Waals surface area contributed by atoms with E-state index in [1.807, 2.05) is 26.0 Å². The number of halogens is 4. The molecule has 0 saturated heterocycles. The highest BCUT2D eigenvalue weighted by molar-refractivity contribution is 6.67.